The number of carbonyl (C=O) groups is 2. The van der Waals surface area contributed by atoms with Gasteiger partial charge in [-0.25, -0.2) is 4.98 Å². The Hall–Kier alpha value is -3.52. The number of rotatable bonds is 4. The molecule has 7 nitrogen and oxygen atoms in total. The number of fused-ring (bicyclic) bond motifs is 1. The van der Waals surface area contributed by atoms with Crippen LogP contribution in [-0.2, 0) is 7.05 Å². The summed E-state index contributed by atoms with van der Waals surface area (Å²) >= 11 is 1.57. The fourth-order valence-electron chi connectivity index (χ4n) is 2.79. The molecule has 4 aromatic rings. The maximum Gasteiger partial charge on any atom is 0.276 e. The molecular weight excluding hydrogens is 374 g/mol. The van der Waals surface area contributed by atoms with Crippen LogP contribution in [0.4, 0.5) is 11.5 Å². The molecule has 2 aromatic carbocycles. The minimum Gasteiger partial charge on any atom is -0.321 e. The van der Waals surface area contributed by atoms with E-state index in [1.54, 1.807) is 54.8 Å². The number of aromatic nitrogens is 3. The molecule has 0 bridgehead atoms. The highest BCUT2D eigenvalue weighted by atomic mass is 32.1. The van der Waals surface area contributed by atoms with Crippen LogP contribution in [0.2, 0.25) is 0 Å². The van der Waals surface area contributed by atoms with Crippen molar-refractivity contribution in [3.63, 3.8) is 0 Å². The number of thiazole rings is 1. The average molecular weight is 391 g/mol. The number of benzene rings is 2. The van der Waals surface area contributed by atoms with Gasteiger partial charge < -0.3 is 10.6 Å². The van der Waals surface area contributed by atoms with Crippen molar-refractivity contribution in [1.29, 1.82) is 0 Å². The van der Waals surface area contributed by atoms with Crippen LogP contribution in [0.1, 0.15) is 25.9 Å². The van der Waals surface area contributed by atoms with E-state index in [-0.39, 0.29) is 17.5 Å². The third-order valence-electron chi connectivity index (χ3n) is 4.14. The molecule has 0 saturated carbocycles. The first-order valence-corrected chi connectivity index (χ1v) is 9.40. The molecule has 2 amide bonds. The molecule has 4 rings (SSSR count). The summed E-state index contributed by atoms with van der Waals surface area (Å²) in [7, 11) is 1.67. The number of anilines is 2. The Morgan fingerprint density at radius 3 is 2.57 bits per heavy atom. The van der Waals surface area contributed by atoms with Crippen molar-refractivity contribution in [3.05, 3.63) is 70.9 Å². The highest BCUT2D eigenvalue weighted by molar-refractivity contribution is 7.18. The zero-order chi connectivity index (χ0) is 19.7. The Morgan fingerprint density at radius 2 is 1.79 bits per heavy atom. The molecule has 0 spiro atoms. The monoisotopic (exact) mass is 391 g/mol. The highest BCUT2D eigenvalue weighted by Gasteiger charge is 2.16. The van der Waals surface area contributed by atoms with Crippen molar-refractivity contribution in [2.45, 2.75) is 6.92 Å². The molecule has 28 heavy (non-hydrogen) atoms. The van der Waals surface area contributed by atoms with Crippen LogP contribution in [0.3, 0.4) is 0 Å². The first-order valence-electron chi connectivity index (χ1n) is 8.58. The van der Waals surface area contributed by atoms with E-state index in [0.717, 1.165) is 15.2 Å². The van der Waals surface area contributed by atoms with Crippen LogP contribution < -0.4 is 10.6 Å². The minimum atomic E-state index is -0.351. The molecule has 140 valence electrons. The zero-order valence-electron chi connectivity index (χ0n) is 15.3. The molecule has 0 saturated heterocycles. The number of hydrogen-bond donors (Lipinski definition) is 2. The van der Waals surface area contributed by atoms with Crippen LogP contribution in [0.15, 0.2) is 54.6 Å². The van der Waals surface area contributed by atoms with Crippen molar-refractivity contribution in [2.75, 3.05) is 10.6 Å². The first kappa shape index (κ1) is 17.9. The first-order chi connectivity index (χ1) is 13.5. The largest absolute Gasteiger partial charge is 0.321 e. The van der Waals surface area contributed by atoms with Crippen molar-refractivity contribution >= 4 is 44.9 Å². The van der Waals surface area contributed by atoms with Gasteiger partial charge in [-0.05, 0) is 37.3 Å². The van der Waals surface area contributed by atoms with Crippen molar-refractivity contribution in [1.82, 2.24) is 14.8 Å². The number of carbonyl (C=O) groups excluding carboxylic acids is 2. The lowest BCUT2D eigenvalue weighted by Crippen LogP contribution is -2.14. The summed E-state index contributed by atoms with van der Waals surface area (Å²) in [5, 5.41) is 10.8. The summed E-state index contributed by atoms with van der Waals surface area (Å²) in [4.78, 5) is 29.3. The Labute approximate surface area is 165 Å². The lowest BCUT2D eigenvalue weighted by Gasteiger charge is -2.04. The maximum atomic E-state index is 12.6. The van der Waals surface area contributed by atoms with Crippen LogP contribution in [0, 0.1) is 6.92 Å². The number of nitrogens with zero attached hydrogens (tertiary/aromatic N) is 3. The number of nitrogens with one attached hydrogen (secondary N) is 2. The number of aryl methyl sites for hydroxylation is 2. The normalized spacial score (nSPS) is 10.8. The summed E-state index contributed by atoms with van der Waals surface area (Å²) < 4.78 is 2.47. The molecule has 2 aromatic heterocycles. The van der Waals surface area contributed by atoms with Crippen LogP contribution in [0.25, 0.3) is 10.2 Å². The molecule has 8 heteroatoms. The Kier molecular flexibility index (Phi) is 4.62. The Bertz CT molecular complexity index is 1180. The van der Waals surface area contributed by atoms with E-state index in [2.05, 4.69) is 20.7 Å². The van der Waals surface area contributed by atoms with E-state index in [9.17, 15) is 9.59 Å². The van der Waals surface area contributed by atoms with E-state index in [1.165, 1.54) is 4.68 Å². The second kappa shape index (κ2) is 7.24. The third-order valence-corrected chi connectivity index (χ3v) is 5.08. The maximum absolute atomic E-state index is 12.6. The molecule has 0 aliphatic heterocycles. The molecule has 0 radical (unpaired) electrons. The highest BCUT2D eigenvalue weighted by Crippen LogP contribution is 2.25. The zero-order valence-corrected chi connectivity index (χ0v) is 16.1. The van der Waals surface area contributed by atoms with Crippen LogP contribution in [0.5, 0.6) is 0 Å². The van der Waals surface area contributed by atoms with Gasteiger partial charge in [0.05, 0.1) is 15.2 Å². The molecule has 0 fully saturated rings. The molecule has 2 N–H and O–H groups in total. The predicted molar refractivity (Wildman–Crippen MR) is 110 cm³/mol. The topological polar surface area (TPSA) is 88.9 Å². The Balaban J connectivity index is 1.50. The second-order valence-corrected chi connectivity index (χ2v) is 7.46. The molecule has 0 aliphatic rings. The van der Waals surface area contributed by atoms with E-state index < -0.39 is 0 Å². The Morgan fingerprint density at radius 1 is 1.00 bits per heavy atom. The van der Waals surface area contributed by atoms with E-state index in [4.69, 9.17) is 0 Å². The van der Waals surface area contributed by atoms with Gasteiger partial charge in [-0.1, -0.05) is 18.2 Å². The molecule has 2 heterocycles. The predicted octanol–water partition coefficient (Wildman–Crippen LogP) is 3.84. The summed E-state index contributed by atoms with van der Waals surface area (Å²) in [5.74, 6) is -0.175. The van der Waals surface area contributed by atoms with Gasteiger partial charge in [0.1, 0.15) is 5.82 Å². The summed E-state index contributed by atoms with van der Waals surface area (Å²) in [6.07, 6.45) is 0. The van der Waals surface area contributed by atoms with Gasteiger partial charge in [-0.2, -0.15) is 5.10 Å². The van der Waals surface area contributed by atoms with Gasteiger partial charge in [0, 0.05) is 24.4 Å². The van der Waals surface area contributed by atoms with Gasteiger partial charge in [-0.3, -0.25) is 14.3 Å². The minimum absolute atomic E-state index is 0.214. The van der Waals surface area contributed by atoms with Crippen molar-refractivity contribution in [3.8, 4) is 0 Å². The van der Waals surface area contributed by atoms with Gasteiger partial charge >= 0.3 is 0 Å². The van der Waals surface area contributed by atoms with E-state index >= 15 is 0 Å². The van der Waals surface area contributed by atoms with Crippen molar-refractivity contribution < 1.29 is 9.59 Å². The van der Waals surface area contributed by atoms with Crippen LogP contribution >= 0.6 is 11.3 Å². The summed E-state index contributed by atoms with van der Waals surface area (Å²) in [5.41, 5.74) is 2.32. The van der Waals surface area contributed by atoms with Crippen molar-refractivity contribution in [2.24, 2.45) is 7.05 Å². The average Bonchev–Trinajstić information content (AvgIpc) is 3.24. The molecular formula is C20H17N5O2S. The smallest absolute Gasteiger partial charge is 0.276 e. The second-order valence-electron chi connectivity index (χ2n) is 6.23. The molecule has 0 atom stereocenters. The number of amides is 2. The fourth-order valence-corrected chi connectivity index (χ4v) is 3.65. The summed E-state index contributed by atoms with van der Waals surface area (Å²) in [6.45, 7) is 1.95. The standard InChI is InChI=1S/C20H17N5O2S/c1-12-21-15-9-8-14(10-17(15)28-12)22-20(27)16-11-18(25(2)24-16)23-19(26)13-6-4-3-5-7-13/h3-11H,1-2H3,(H,22,27)(H,23,26). The van der Waals surface area contributed by atoms with Crippen LogP contribution in [-0.4, -0.2) is 26.6 Å². The fraction of sp³-hybridized carbons (Fsp3) is 0.100. The SMILES string of the molecule is Cc1nc2ccc(NC(=O)c3cc(NC(=O)c4ccccc4)n(C)n3)cc2s1. The molecule has 0 unspecified atom stereocenters. The van der Waals surface area contributed by atoms with Gasteiger partial charge in [0.2, 0.25) is 0 Å². The van der Waals surface area contributed by atoms with E-state index in [1.807, 2.05) is 25.1 Å². The summed E-state index contributed by atoms with van der Waals surface area (Å²) in [6, 6.07) is 16.0. The van der Waals surface area contributed by atoms with E-state index in [0.29, 0.717) is 17.1 Å². The quantitative estimate of drug-likeness (QED) is 0.553. The lowest BCUT2D eigenvalue weighted by molar-refractivity contribution is 0.101. The third kappa shape index (κ3) is 3.63. The molecule has 0 aliphatic carbocycles. The lowest BCUT2D eigenvalue weighted by atomic mass is 10.2. The van der Waals surface area contributed by atoms with Gasteiger partial charge in [0.15, 0.2) is 5.69 Å². The van der Waals surface area contributed by atoms with Gasteiger partial charge in [-0.15, -0.1) is 11.3 Å². The van der Waals surface area contributed by atoms with Gasteiger partial charge in [0.25, 0.3) is 11.8 Å². The number of hydrogen-bond acceptors (Lipinski definition) is 5.